The zero-order chi connectivity index (χ0) is 12.5. The molecule has 92 valence electrons. The average molecular weight is 253 g/mol. The third-order valence-electron chi connectivity index (χ3n) is 3.45. The van der Waals surface area contributed by atoms with Crippen LogP contribution in [0, 0.1) is 5.41 Å². The van der Waals surface area contributed by atoms with Crippen molar-refractivity contribution in [3.63, 3.8) is 0 Å². The van der Waals surface area contributed by atoms with E-state index in [1.54, 1.807) is 0 Å². The number of rotatable bonds is 4. The van der Waals surface area contributed by atoms with E-state index in [2.05, 4.69) is 5.32 Å². The maximum absolute atomic E-state index is 12.0. The molecule has 1 aliphatic carbocycles. The third kappa shape index (κ3) is 2.45. The third-order valence-corrected chi connectivity index (χ3v) is 3.79. The highest BCUT2D eigenvalue weighted by Crippen LogP contribution is 2.45. The number of hydrogen-bond acceptors (Lipinski definition) is 2. The Labute approximate surface area is 106 Å². The highest BCUT2D eigenvalue weighted by Gasteiger charge is 2.48. The molecule has 0 radical (unpaired) electrons. The van der Waals surface area contributed by atoms with Gasteiger partial charge in [0.05, 0.1) is 11.5 Å². The van der Waals surface area contributed by atoms with Gasteiger partial charge >= 0.3 is 0 Å². The molecule has 0 unspecified atom stereocenters. The summed E-state index contributed by atoms with van der Waals surface area (Å²) in [5, 5.41) is 3.67. The number of carbonyl (C=O) groups is 1. The number of benzene rings is 1. The monoisotopic (exact) mass is 252 g/mol. The number of carbonyl (C=O) groups excluding carboxylic acids is 1. The zero-order valence-electron chi connectivity index (χ0n) is 9.87. The van der Waals surface area contributed by atoms with Gasteiger partial charge in [-0.25, -0.2) is 0 Å². The second kappa shape index (κ2) is 4.67. The number of halogens is 1. The first-order valence-corrected chi connectivity index (χ1v) is 6.22. The van der Waals surface area contributed by atoms with Crippen molar-refractivity contribution in [3.05, 3.63) is 34.9 Å². The zero-order valence-corrected chi connectivity index (χ0v) is 10.6. The van der Waals surface area contributed by atoms with Crippen molar-refractivity contribution < 1.29 is 4.79 Å². The van der Waals surface area contributed by atoms with E-state index in [-0.39, 0.29) is 17.4 Å². The van der Waals surface area contributed by atoms with Crippen molar-refractivity contribution >= 4 is 17.5 Å². The summed E-state index contributed by atoms with van der Waals surface area (Å²) in [6.45, 7) is 2.36. The normalized spacial score (nSPS) is 18.5. The van der Waals surface area contributed by atoms with Gasteiger partial charge in [-0.2, -0.15) is 0 Å². The number of amides is 1. The molecule has 1 aliphatic rings. The fourth-order valence-electron chi connectivity index (χ4n) is 1.93. The summed E-state index contributed by atoms with van der Waals surface area (Å²) in [6.07, 6.45) is 1.79. The first kappa shape index (κ1) is 12.4. The van der Waals surface area contributed by atoms with Crippen LogP contribution in [0.15, 0.2) is 24.3 Å². The van der Waals surface area contributed by atoms with Gasteiger partial charge in [0.15, 0.2) is 0 Å². The summed E-state index contributed by atoms with van der Waals surface area (Å²) in [6, 6.07) is 7.47. The minimum Gasteiger partial charge on any atom is -0.349 e. The van der Waals surface area contributed by atoms with Crippen molar-refractivity contribution in [1.82, 2.24) is 5.32 Å². The largest absolute Gasteiger partial charge is 0.349 e. The minimum absolute atomic E-state index is 0.0485. The molecule has 0 bridgehead atoms. The molecule has 4 heteroatoms. The minimum atomic E-state index is -0.310. The van der Waals surface area contributed by atoms with E-state index in [9.17, 15) is 4.79 Å². The van der Waals surface area contributed by atoms with E-state index in [1.165, 1.54) is 0 Å². The first-order valence-electron chi connectivity index (χ1n) is 5.84. The summed E-state index contributed by atoms with van der Waals surface area (Å²) in [5.74, 6) is 0.0485. The van der Waals surface area contributed by atoms with Crippen molar-refractivity contribution in [3.8, 4) is 0 Å². The van der Waals surface area contributed by atoms with E-state index >= 15 is 0 Å². The van der Waals surface area contributed by atoms with Crippen molar-refractivity contribution in [2.75, 3.05) is 6.54 Å². The molecular formula is C13H17ClN2O. The van der Waals surface area contributed by atoms with Gasteiger partial charge in [0, 0.05) is 11.6 Å². The molecule has 1 amide bonds. The van der Waals surface area contributed by atoms with E-state index in [0.717, 1.165) is 18.4 Å². The van der Waals surface area contributed by atoms with Crippen LogP contribution in [-0.2, 0) is 4.79 Å². The molecule has 0 heterocycles. The quantitative estimate of drug-likeness (QED) is 0.864. The van der Waals surface area contributed by atoms with E-state index in [4.69, 9.17) is 17.3 Å². The van der Waals surface area contributed by atoms with Gasteiger partial charge in [-0.1, -0.05) is 29.8 Å². The SMILES string of the molecule is C[C@H](NC(=O)C1(CN)CC1)c1ccccc1Cl. The van der Waals surface area contributed by atoms with Gasteiger partial charge in [-0.15, -0.1) is 0 Å². The number of nitrogens with one attached hydrogen (secondary N) is 1. The summed E-state index contributed by atoms with van der Waals surface area (Å²) < 4.78 is 0. The van der Waals surface area contributed by atoms with Crippen LogP contribution in [0.2, 0.25) is 5.02 Å². The molecule has 0 aliphatic heterocycles. The molecule has 3 N–H and O–H groups in total. The van der Waals surface area contributed by atoms with Crippen LogP contribution >= 0.6 is 11.6 Å². The summed E-state index contributed by atoms with van der Waals surface area (Å²) in [4.78, 5) is 12.0. The molecular weight excluding hydrogens is 236 g/mol. The van der Waals surface area contributed by atoms with Crippen LogP contribution in [0.1, 0.15) is 31.4 Å². The lowest BCUT2D eigenvalue weighted by Gasteiger charge is -2.19. The summed E-state index contributed by atoms with van der Waals surface area (Å²) in [5.41, 5.74) is 6.26. The Hall–Kier alpha value is -1.06. The average Bonchev–Trinajstić information content (AvgIpc) is 3.10. The molecule has 1 aromatic rings. The Morgan fingerprint density at radius 1 is 1.53 bits per heavy atom. The van der Waals surface area contributed by atoms with Crippen molar-refractivity contribution in [2.45, 2.75) is 25.8 Å². The maximum Gasteiger partial charge on any atom is 0.227 e. The maximum atomic E-state index is 12.0. The lowest BCUT2D eigenvalue weighted by molar-refractivity contribution is -0.126. The second-order valence-electron chi connectivity index (χ2n) is 4.70. The standard InChI is InChI=1S/C13H17ClN2O/c1-9(10-4-2-3-5-11(10)14)16-12(17)13(8-15)6-7-13/h2-5,9H,6-8,15H2,1H3,(H,16,17)/t9-/m0/s1. The Morgan fingerprint density at radius 2 is 2.18 bits per heavy atom. The van der Waals surface area contributed by atoms with Crippen LogP contribution in [0.5, 0.6) is 0 Å². The first-order chi connectivity index (χ1) is 8.09. The van der Waals surface area contributed by atoms with Crippen LogP contribution in [0.25, 0.3) is 0 Å². The highest BCUT2D eigenvalue weighted by atomic mass is 35.5. The Morgan fingerprint density at radius 3 is 2.71 bits per heavy atom. The fraction of sp³-hybridized carbons (Fsp3) is 0.462. The molecule has 17 heavy (non-hydrogen) atoms. The fourth-order valence-corrected chi connectivity index (χ4v) is 2.23. The summed E-state index contributed by atoms with van der Waals surface area (Å²) >= 11 is 6.09. The number of nitrogens with two attached hydrogens (primary N) is 1. The second-order valence-corrected chi connectivity index (χ2v) is 5.11. The van der Waals surface area contributed by atoms with Gasteiger partial charge in [0.1, 0.15) is 0 Å². The number of hydrogen-bond donors (Lipinski definition) is 2. The van der Waals surface area contributed by atoms with E-state index in [0.29, 0.717) is 11.6 Å². The van der Waals surface area contributed by atoms with E-state index < -0.39 is 0 Å². The van der Waals surface area contributed by atoms with Gasteiger partial charge in [0.2, 0.25) is 5.91 Å². The lowest BCUT2D eigenvalue weighted by Crippen LogP contribution is -2.38. The molecule has 1 aromatic carbocycles. The summed E-state index contributed by atoms with van der Waals surface area (Å²) in [7, 11) is 0. The van der Waals surface area contributed by atoms with Crippen LogP contribution < -0.4 is 11.1 Å². The molecule has 1 saturated carbocycles. The molecule has 3 nitrogen and oxygen atoms in total. The smallest absolute Gasteiger partial charge is 0.227 e. The molecule has 0 spiro atoms. The lowest BCUT2D eigenvalue weighted by atomic mass is 10.0. The molecule has 0 saturated heterocycles. The van der Waals surface area contributed by atoms with Crippen LogP contribution in [-0.4, -0.2) is 12.5 Å². The Bertz CT molecular complexity index is 429. The van der Waals surface area contributed by atoms with Gasteiger partial charge in [-0.3, -0.25) is 4.79 Å². The van der Waals surface area contributed by atoms with Gasteiger partial charge in [0.25, 0.3) is 0 Å². The predicted octanol–water partition coefficient (Wildman–Crippen LogP) is 2.26. The van der Waals surface area contributed by atoms with Gasteiger partial charge < -0.3 is 11.1 Å². The van der Waals surface area contributed by atoms with Gasteiger partial charge in [-0.05, 0) is 31.4 Å². The molecule has 2 rings (SSSR count). The van der Waals surface area contributed by atoms with E-state index in [1.807, 2.05) is 31.2 Å². The predicted molar refractivity (Wildman–Crippen MR) is 68.7 cm³/mol. The molecule has 0 aromatic heterocycles. The van der Waals surface area contributed by atoms with Crippen LogP contribution in [0.4, 0.5) is 0 Å². The highest BCUT2D eigenvalue weighted by molar-refractivity contribution is 6.31. The molecule has 1 atom stereocenters. The Kier molecular flexibility index (Phi) is 3.40. The molecule has 1 fully saturated rings. The van der Waals surface area contributed by atoms with Crippen LogP contribution in [0.3, 0.4) is 0 Å². The topological polar surface area (TPSA) is 55.1 Å². The van der Waals surface area contributed by atoms with Crippen molar-refractivity contribution in [1.29, 1.82) is 0 Å². The van der Waals surface area contributed by atoms with Crippen molar-refractivity contribution in [2.24, 2.45) is 11.1 Å². The Balaban J connectivity index is 2.05.